The van der Waals surface area contributed by atoms with Crippen molar-refractivity contribution in [3.8, 4) is 11.4 Å². The lowest BCUT2D eigenvalue weighted by Gasteiger charge is -2.14. The molecule has 1 aromatic heterocycles. The number of nitrogens with zero attached hydrogens (tertiary/aromatic N) is 3. The van der Waals surface area contributed by atoms with Crippen LogP contribution in [0.1, 0.15) is 25.8 Å². The van der Waals surface area contributed by atoms with Gasteiger partial charge in [0.25, 0.3) is 0 Å². The Kier molecular flexibility index (Phi) is 5.82. The first kappa shape index (κ1) is 21.5. The van der Waals surface area contributed by atoms with Gasteiger partial charge in [0.15, 0.2) is 11.0 Å². The third-order valence-electron chi connectivity index (χ3n) is 4.79. The van der Waals surface area contributed by atoms with Crippen molar-refractivity contribution < 1.29 is 17.6 Å². The highest BCUT2D eigenvalue weighted by Crippen LogP contribution is 2.42. The fourth-order valence-electron chi connectivity index (χ4n) is 3.03. The predicted octanol–water partition coefficient (Wildman–Crippen LogP) is 3.19. The standard InChI is InChI=1S/C20H20FN5O3S2/c1-12(19(27)23-13-6-10-15(11-7-13)31(22,28)29)30-20-25-24-18(26(20)14-8-9-14)16-4-2-3-5-17(16)21/h2-7,10-12,14H,8-9H2,1H3,(H,23,27)(H2,22,28,29)/t12-/m0/s1. The zero-order valence-electron chi connectivity index (χ0n) is 16.5. The number of carbonyl (C=O) groups is 1. The molecule has 3 aromatic rings. The smallest absolute Gasteiger partial charge is 0.238 e. The van der Waals surface area contributed by atoms with Crippen LogP contribution in [0.4, 0.5) is 10.1 Å². The third-order valence-corrected chi connectivity index (χ3v) is 6.78. The Hall–Kier alpha value is -2.76. The summed E-state index contributed by atoms with van der Waals surface area (Å²) in [5.74, 6) is -0.206. The SMILES string of the molecule is C[C@H](Sc1nnc(-c2ccccc2F)n1C1CC1)C(=O)Nc1ccc(S(N)(=O)=O)cc1. The number of nitrogens with two attached hydrogens (primary N) is 1. The molecule has 1 heterocycles. The summed E-state index contributed by atoms with van der Waals surface area (Å²) in [6.45, 7) is 1.73. The maximum absolute atomic E-state index is 14.3. The van der Waals surface area contributed by atoms with Crippen LogP contribution in [0.3, 0.4) is 0 Å². The molecule has 0 unspecified atom stereocenters. The van der Waals surface area contributed by atoms with Crippen LogP contribution in [0.15, 0.2) is 58.6 Å². The van der Waals surface area contributed by atoms with Gasteiger partial charge < -0.3 is 5.32 Å². The molecule has 0 aliphatic heterocycles. The summed E-state index contributed by atoms with van der Waals surface area (Å²) < 4.78 is 38.9. The minimum Gasteiger partial charge on any atom is -0.325 e. The molecule has 0 radical (unpaired) electrons. The molecule has 1 aliphatic rings. The van der Waals surface area contributed by atoms with E-state index >= 15 is 0 Å². The molecule has 1 aliphatic carbocycles. The van der Waals surface area contributed by atoms with Crippen molar-refractivity contribution in [2.24, 2.45) is 5.14 Å². The van der Waals surface area contributed by atoms with Crippen molar-refractivity contribution in [1.82, 2.24) is 14.8 Å². The molecule has 0 spiro atoms. The minimum absolute atomic E-state index is 0.0360. The molecular formula is C20H20FN5O3S2. The molecule has 1 atom stereocenters. The van der Waals surface area contributed by atoms with Gasteiger partial charge in [-0.25, -0.2) is 17.9 Å². The van der Waals surface area contributed by atoms with Crippen LogP contribution in [0.2, 0.25) is 0 Å². The van der Waals surface area contributed by atoms with Crippen LogP contribution in [0.25, 0.3) is 11.4 Å². The van der Waals surface area contributed by atoms with Crippen LogP contribution in [-0.2, 0) is 14.8 Å². The van der Waals surface area contributed by atoms with E-state index in [2.05, 4.69) is 15.5 Å². The highest BCUT2D eigenvalue weighted by molar-refractivity contribution is 8.00. The molecule has 0 saturated heterocycles. The van der Waals surface area contributed by atoms with Crippen molar-refractivity contribution in [1.29, 1.82) is 0 Å². The lowest BCUT2D eigenvalue weighted by atomic mass is 10.2. The summed E-state index contributed by atoms with van der Waals surface area (Å²) >= 11 is 1.23. The van der Waals surface area contributed by atoms with E-state index in [0.29, 0.717) is 22.2 Å². The van der Waals surface area contributed by atoms with Crippen molar-refractivity contribution in [2.45, 2.75) is 41.1 Å². The first-order valence-corrected chi connectivity index (χ1v) is 12.0. The Balaban J connectivity index is 1.50. The molecule has 1 saturated carbocycles. The van der Waals surface area contributed by atoms with Gasteiger partial charge in [-0.3, -0.25) is 9.36 Å². The van der Waals surface area contributed by atoms with Crippen LogP contribution in [0, 0.1) is 5.82 Å². The Bertz CT molecular complexity index is 1220. The van der Waals surface area contributed by atoms with Gasteiger partial charge in [-0.2, -0.15) is 0 Å². The second-order valence-electron chi connectivity index (χ2n) is 7.21. The Morgan fingerprint density at radius 1 is 1.19 bits per heavy atom. The summed E-state index contributed by atoms with van der Waals surface area (Å²) in [5, 5.41) is 16.3. The van der Waals surface area contributed by atoms with Crippen LogP contribution in [-0.4, -0.2) is 34.3 Å². The van der Waals surface area contributed by atoms with E-state index < -0.39 is 15.3 Å². The Labute approximate surface area is 183 Å². The number of benzene rings is 2. The van der Waals surface area contributed by atoms with E-state index in [1.165, 1.54) is 42.1 Å². The molecule has 0 bridgehead atoms. The Morgan fingerprint density at radius 2 is 1.87 bits per heavy atom. The van der Waals surface area contributed by atoms with Gasteiger partial charge in [0.05, 0.1) is 15.7 Å². The van der Waals surface area contributed by atoms with Gasteiger partial charge >= 0.3 is 0 Å². The predicted molar refractivity (Wildman–Crippen MR) is 115 cm³/mol. The zero-order valence-corrected chi connectivity index (χ0v) is 18.2. The topological polar surface area (TPSA) is 120 Å². The van der Waals surface area contributed by atoms with Crippen LogP contribution < -0.4 is 10.5 Å². The van der Waals surface area contributed by atoms with Gasteiger partial charge in [-0.1, -0.05) is 23.9 Å². The lowest BCUT2D eigenvalue weighted by molar-refractivity contribution is -0.115. The number of sulfonamides is 1. The van der Waals surface area contributed by atoms with E-state index in [4.69, 9.17) is 5.14 Å². The zero-order chi connectivity index (χ0) is 22.2. The number of hydrogen-bond acceptors (Lipinski definition) is 6. The molecule has 8 nitrogen and oxygen atoms in total. The van der Waals surface area contributed by atoms with Crippen molar-refractivity contribution in [3.05, 3.63) is 54.3 Å². The molecule has 31 heavy (non-hydrogen) atoms. The number of halogens is 1. The Morgan fingerprint density at radius 3 is 2.48 bits per heavy atom. The van der Waals surface area contributed by atoms with Crippen molar-refractivity contribution in [2.75, 3.05) is 5.32 Å². The number of amides is 1. The molecular weight excluding hydrogens is 441 g/mol. The monoisotopic (exact) mass is 461 g/mol. The number of nitrogens with one attached hydrogen (secondary N) is 1. The highest BCUT2D eigenvalue weighted by Gasteiger charge is 2.32. The van der Waals surface area contributed by atoms with Crippen LogP contribution in [0.5, 0.6) is 0 Å². The van der Waals surface area contributed by atoms with Gasteiger partial charge in [0.2, 0.25) is 15.9 Å². The van der Waals surface area contributed by atoms with E-state index in [9.17, 15) is 17.6 Å². The molecule has 3 N–H and O–H groups in total. The van der Waals surface area contributed by atoms with Crippen molar-refractivity contribution in [3.63, 3.8) is 0 Å². The summed E-state index contributed by atoms with van der Waals surface area (Å²) in [5.41, 5.74) is 0.821. The summed E-state index contributed by atoms with van der Waals surface area (Å²) in [7, 11) is -3.80. The summed E-state index contributed by atoms with van der Waals surface area (Å²) in [6, 6.07) is 12.2. The van der Waals surface area contributed by atoms with E-state index in [-0.39, 0.29) is 22.7 Å². The molecule has 1 amide bonds. The number of aromatic nitrogens is 3. The first-order valence-electron chi connectivity index (χ1n) is 9.54. The van der Waals surface area contributed by atoms with Gasteiger partial charge in [0, 0.05) is 11.7 Å². The second kappa shape index (κ2) is 8.40. The highest BCUT2D eigenvalue weighted by atomic mass is 32.2. The maximum Gasteiger partial charge on any atom is 0.238 e. The number of rotatable bonds is 7. The third kappa shape index (κ3) is 4.78. The summed E-state index contributed by atoms with van der Waals surface area (Å²) in [6.07, 6.45) is 1.90. The number of hydrogen-bond donors (Lipinski definition) is 2. The number of anilines is 1. The molecule has 2 aromatic carbocycles. The fourth-order valence-corrected chi connectivity index (χ4v) is 4.46. The van der Waals surface area contributed by atoms with E-state index in [0.717, 1.165) is 12.8 Å². The minimum atomic E-state index is -3.80. The second-order valence-corrected chi connectivity index (χ2v) is 10.1. The van der Waals surface area contributed by atoms with Gasteiger partial charge in [-0.05, 0) is 56.2 Å². The number of carbonyl (C=O) groups excluding carboxylic acids is 1. The summed E-state index contributed by atoms with van der Waals surface area (Å²) in [4.78, 5) is 12.6. The van der Waals surface area contributed by atoms with E-state index in [1.807, 2.05) is 4.57 Å². The average molecular weight is 462 g/mol. The van der Waals surface area contributed by atoms with Gasteiger partial charge in [-0.15, -0.1) is 10.2 Å². The molecule has 162 valence electrons. The number of primary sulfonamides is 1. The maximum atomic E-state index is 14.3. The lowest BCUT2D eigenvalue weighted by Crippen LogP contribution is -2.23. The average Bonchev–Trinajstić information content (AvgIpc) is 3.48. The molecule has 1 fully saturated rings. The molecule has 4 rings (SSSR count). The van der Waals surface area contributed by atoms with Gasteiger partial charge in [0.1, 0.15) is 5.82 Å². The fraction of sp³-hybridized carbons (Fsp3) is 0.250. The normalized spacial score (nSPS) is 14.9. The first-order chi connectivity index (χ1) is 14.7. The van der Waals surface area contributed by atoms with Crippen LogP contribution >= 0.6 is 11.8 Å². The van der Waals surface area contributed by atoms with Crippen molar-refractivity contribution >= 4 is 33.4 Å². The van der Waals surface area contributed by atoms with E-state index in [1.54, 1.807) is 25.1 Å². The largest absolute Gasteiger partial charge is 0.325 e. The number of thioether (sulfide) groups is 1. The quantitative estimate of drug-likeness (QED) is 0.522. The molecule has 11 heteroatoms.